The van der Waals surface area contributed by atoms with Crippen molar-refractivity contribution < 1.29 is 4.79 Å². The summed E-state index contributed by atoms with van der Waals surface area (Å²) in [5.41, 5.74) is 11.3. The molecule has 1 heterocycles. The quantitative estimate of drug-likeness (QED) is 0.347. The minimum absolute atomic E-state index is 0.0993. The number of fused-ring (bicyclic) bond motifs is 1. The lowest BCUT2D eigenvalue weighted by Crippen LogP contribution is -2.37. The Morgan fingerprint density at radius 2 is 1.81 bits per heavy atom. The highest BCUT2D eigenvalue weighted by molar-refractivity contribution is 5.93. The summed E-state index contributed by atoms with van der Waals surface area (Å²) in [4.78, 5) is 15.4. The summed E-state index contributed by atoms with van der Waals surface area (Å²) in [6.45, 7) is 6.65. The summed E-state index contributed by atoms with van der Waals surface area (Å²) in [6, 6.07) is 16.2. The second-order valence-corrected chi connectivity index (χ2v) is 6.78. The number of H-pyrrole nitrogens is 1. The number of carbonyl (C=O) groups excluding carboxylic acids is 1. The topological polar surface area (TPSA) is 68.9 Å². The Morgan fingerprint density at radius 1 is 1.04 bits per heavy atom. The van der Waals surface area contributed by atoms with E-state index < -0.39 is 0 Å². The molecule has 0 atom stereocenters. The van der Waals surface area contributed by atoms with Crippen molar-refractivity contribution in [3.8, 4) is 0 Å². The van der Waals surface area contributed by atoms with Crippen LogP contribution in [0.1, 0.15) is 40.5 Å². The van der Waals surface area contributed by atoms with Gasteiger partial charge >= 0.3 is 0 Å². The molecule has 0 aliphatic carbocycles. The van der Waals surface area contributed by atoms with Crippen LogP contribution in [0.4, 0.5) is 0 Å². The van der Waals surface area contributed by atoms with E-state index in [4.69, 9.17) is 0 Å². The number of amides is 1. The molecule has 27 heavy (non-hydrogen) atoms. The Labute approximate surface area is 160 Å². The molecule has 3 aromatic rings. The standard InChI is InChI=1S/C22H28N4O/c1-3-13-24-26-22(27)18-10-8-17(9-11-18)15-23-14-12-19-16(2)25-21-7-5-4-6-20(19)21/h4-11,23-25H,3,12-15H2,1-2H3,(H,26,27). The van der Waals surface area contributed by atoms with E-state index in [9.17, 15) is 4.79 Å². The van der Waals surface area contributed by atoms with Gasteiger partial charge in [-0.25, -0.2) is 5.43 Å². The van der Waals surface area contributed by atoms with Gasteiger partial charge in [0, 0.05) is 35.2 Å². The van der Waals surface area contributed by atoms with Gasteiger partial charge in [-0.1, -0.05) is 37.3 Å². The second kappa shape index (κ2) is 9.35. The third-order valence-corrected chi connectivity index (χ3v) is 4.70. The van der Waals surface area contributed by atoms with Gasteiger partial charge in [-0.15, -0.1) is 0 Å². The van der Waals surface area contributed by atoms with Gasteiger partial charge in [0.05, 0.1) is 0 Å². The van der Waals surface area contributed by atoms with Crippen molar-refractivity contribution in [3.63, 3.8) is 0 Å². The molecule has 0 bridgehead atoms. The molecule has 5 nitrogen and oxygen atoms in total. The largest absolute Gasteiger partial charge is 0.358 e. The molecule has 0 saturated heterocycles. The summed E-state index contributed by atoms with van der Waals surface area (Å²) in [5.74, 6) is -0.0993. The van der Waals surface area contributed by atoms with Crippen LogP contribution >= 0.6 is 0 Å². The summed E-state index contributed by atoms with van der Waals surface area (Å²) >= 11 is 0. The van der Waals surface area contributed by atoms with E-state index in [-0.39, 0.29) is 5.91 Å². The number of carbonyl (C=O) groups is 1. The summed E-state index contributed by atoms with van der Waals surface area (Å²) in [7, 11) is 0. The van der Waals surface area contributed by atoms with Gasteiger partial charge in [-0.05, 0) is 55.6 Å². The van der Waals surface area contributed by atoms with Crippen molar-refractivity contribution in [1.82, 2.24) is 21.2 Å². The molecule has 142 valence electrons. The third kappa shape index (κ3) is 4.96. The maximum atomic E-state index is 12.0. The molecular weight excluding hydrogens is 336 g/mol. The molecule has 0 spiro atoms. The average molecular weight is 364 g/mol. The zero-order valence-corrected chi connectivity index (χ0v) is 16.1. The van der Waals surface area contributed by atoms with Crippen molar-refractivity contribution >= 4 is 16.8 Å². The molecule has 4 N–H and O–H groups in total. The molecule has 2 aromatic carbocycles. The highest BCUT2D eigenvalue weighted by Crippen LogP contribution is 2.21. The van der Waals surface area contributed by atoms with Gasteiger partial charge in [-0.3, -0.25) is 10.2 Å². The molecule has 1 aromatic heterocycles. The van der Waals surface area contributed by atoms with E-state index >= 15 is 0 Å². The highest BCUT2D eigenvalue weighted by Gasteiger charge is 2.07. The number of aromatic nitrogens is 1. The number of nitrogens with one attached hydrogen (secondary N) is 4. The minimum atomic E-state index is -0.0993. The third-order valence-electron chi connectivity index (χ3n) is 4.70. The highest BCUT2D eigenvalue weighted by atomic mass is 16.2. The average Bonchev–Trinajstić information content (AvgIpc) is 3.01. The molecule has 0 aliphatic rings. The molecule has 5 heteroatoms. The van der Waals surface area contributed by atoms with Crippen LogP contribution in [0.15, 0.2) is 48.5 Å². The molecule has 0 radical (unpaired) electrons. The number of hydrogen-bond donors (Lipinski definition) is 4. The van der Waals surface area contributed by atoms with E-state index in [2.05, 4.69) is 59.3 Å². The number of benzene rings is 2. The molecule has 1 amide bonds. The first kappa shape index (κ1) is 19.1. The SMILES string of the molecule is CCCNNC(=O)c1ccc(CNCCc2c(C)[nH]c3ccccc23)cc1. The van der Waals surface area contributed by atoms with Crippen LogP contribution in [-0.4, -0.2) is 24.0 Å². The summed E-state index contributed by atoms with van der Waals surface area (Å²) in [6.07, 6.45) is 1.96. The Morgan fingerprint density at radius 3 is 2.59 bits per heavy atom. The van der Waals surface area contributed by atoms with Crippen LogP contribution in [0, 0.1) is 6.92 Å². The Balaban J connectivity index is 1.48. The molecule has 0 fully saturated rings. The second-order valence-electron chi connectivity index (χ2n) is 6.78. The first-order chi connectivity index (χ1) is 13.2. The van der Waals surface area contributed by atoms with Crippen LogP contribution in [0.3, 0.4) is 0 Å². The molecule has 0 unspecified atom stereocenters. The van der Waals surface area contributed by atoms with Crippen molar-refractivity contribution in [2.24, 2.45) is 0 Å². The number of hydrazine groups is 1. The van der Waals surface area contributed by atoms with Crippen LogP contribution in [0.5, 0.6) is 0 Å². The lowest BCUT2D eigenvalue weighted by Gasteiger charge is -2.08. The van der Waals surface area contributed by atoms with Crippen molar-refractivity contribution in [2.75, 3.05) is 13.1 Å². The number of aryl methyl sites for hydroxylation is 1. The Hall–Kier alpha value is -2.63. The molecule has 0 saturated carbocycles. The fourth-order valence-corrected chi connectivity index (χ4v) is 3.22. The Bertz CT molecular complexity index is 883. The monoisotopic (exact) mass is 364 g/mol. The minimum Gasteiger partial charge on any atom is -0.358 e. The summed E-state index contributed by atoms with van der Waals surface area (Å²) < 4.78 is 0. The van der Waals surface area contributed by atoms with Crippen LogP contribution in [0.2, 0.25) is 0 Å². The van der Waals surface area contributed by atoms with Gasteiger partial charge in [0.15, 0.2) is 0 Å². The Kier molecular flexibility index (Phi) is 6.63. The van der Waals surface area contributed by atoms with E-state index in [1.807, 2.05) is 24.3 Å². The van der Waals surface area contributed by atoms with Gasteiger partial charge in [0.2, 0.25) is 0 Å². The molecule has 0 aliphatic heterocycles. The molecular formula is C22H28N4O. The first-order valence-corrected chi connectivity index (χ1v) is 9.58. The predicted molar refractivity (Wildman–Crippen MR) is 111 cm³/mol. The van der Waals surface area contributed by atoms with E-state index in [0.29, 0.717) is 5.56 Å². The van der Waals surface area contributed by atoms with Crippen LogP contribution in [-0.2, 0) is 13.0 Å². The predicted octanol–water partition coefficient (Wildman–Crippen LogP) is 3.45. The van der Waals surface area contributed by atoms with Crippen LogP contribution < -0.4 is 16.2 Å². The maximum absolute atomic E-state index is 12.0. The van der Waals surface area contributed by atoms with Crippen LogP contribution in [0.25, 0.3) is 10.9 Å². The fourth-order valence-electron chi connectivity index (χ4n) is 3.22. The van der Waals surface area contributed by atoms with Crippen molar-refractivity contribution in [1.29, 1.82) is 0 Å². The smallest absolute Gasteiger partial charge is 0.265 e. The maximum Gasteiger partial charge on any atom is 0.265 e. The number of rotatable bonds is 9. The van der Waals surface area contributed by atoms with E-state index in [1.54, 1.807) is 0 Å². The number of aromatic amines is 1. The first-order valence-electron chi connectivity index (χ1n) is 9.58. The number of para-hydroxylation sites is 1. The van der Waals surface area contributed by atoms with Crippen molar-refractivity contribution in [3.05, 3.63) is 70.9 Å². The van der Waals surface area contributed by atoms with Gasteiger partial charge in [-0.2, -0.15) is 0 Å². The van der Waals surface area contributed by atoms with Crippen molar-refractivity contribution in [2.45, 2.75) is 33.2 Å². The molecule has 3 rings (SSSR count). The lowest BCUT2D eigenvalue weighted by atomic mass is 10.1. The van der Waals surface area contributed by atoms with Gasteiger partial charge < -0.3 is 10.3 Å². The lowest BCUT2D eigenvalue weighted by molar-refractivity contribution is 0.0933. The number of hydrogen-bond acceptors (Lipinski definition) is 3. The zero-order chi connectivity index (χ0) is 19.1. The van der Waals surface area contributed by atoms with E-state index in [0.717, 1.165) is 32.5 Å². The summed E-state index contributed by atoms with van der Waals surface area (Å²) in [5, 5.41) is 4.80. The zero-order valence-electron chi connectivity index (χ0n) is 16.1. The normalized spacial score (nSPS) is 11.0. The fraction of sp³-hybridized carbons (Fsp3) is 0.318. The van der Waals surface area contributed by atoms with Gasteiger partial charge in [0.1, 0.15) is 0 Å². The van der Waals surface area contributed by atoms with E-state index in [1.165, 1.54) is 27.7 Å². The van der Waals surface area contributed by atoms with Gasteiger partial charge in [0.25, 0.3) is 5.91 Å².